The summed E-state index contributed by atoms with van der Waals surface area (Å²) in [6, 6.07) is 6.65. The number of rotatable bonds is 2. The van der Waals surface area contributed by atoms with E-state index in [0.717, 1.165) is 13.1 Å². The molecule has 1 saturated heterocycles. The Bertz CT molecular complexity index is 337. The topological polar surface area (TPSA) is 6.48 Å². The van der Waals surface area contributed by atoms with E-state index < -0.39 is 0 Å². The van der Waals surface area contributed by atoms with Crippen LogP contribution in [0.25, 0.3) is 0 Å². The van der Waals surface area contributed by atoms with Gasteiger partial charge >= 0.3 is 0 Å². The molecule has 0 spiro atoms. The second kappa shape index (κ2) is 5.19. The van der Waals surface area contributed by atoms with Gasteiger partial charge in [-0.1, -0.05) is 22.9 Å². The second-order valence-corrected chi connectivity index (χ2v) is 5.32. The summed E-state index contributed by atoms with van der Waals surface area (Å²) in [6.07, 6.45) is 0. The van der Waals surface area contributed by atoms with E-state index in [1.54, 1.807) is 0 Å². The standard InChI is InChI=1S/C13H19BrN2/c1-3-15-4-6-16(7-5-15)13-9-11(2)8-12(14)10-13/h8-10H,3-7H2,1-2H3. The van der Waals surface area contributed by atoms with Crippen LogP contribution in [0.2, 0.25) is 0 Å². The smallest absolute Gasteiger partial charge is 0.0381 e. The third-order valence-electron chi connectivity index (χ3n) is 3.21. The van der Waals surface area contributed by atoms with Gasteiger partial charge in [-0.2, -0.15) is 0 Å². The zero-order valence-electron chi connectivity index (χ0n) is 10.0. The normalized spacial score (nSPS) is 17.8. The Labute approximate surface area is 106 Å². The van der Waals surface area contributed by atoms with E-state index in [1.807, 2.05) is 0 Å². The molecule has 0 radical (unpaired) electrons. The van der Waals surface area contributed by atoms with Crippen LogP contribution in [0.4, 0.5) is 5.69 Å². The van der Waals surface area contributed by atoms with Crippen molar-refractivity contribution in [3.05, 3.63) is 28.2 Å². The zero-order valence-corrected chi connectivity index (χ0v) is 11.6. The third kappa shape index (κ3) is 2.77. The lowest BCUT2D eigenvalue weighted by Crippen LogP contribution is -2.46. The molecule has 0 aliphatic carbocycles. The van der Waals surface area contributed by atoms with Crippen LogP contribution in [0, 0.1) is 6.92 Å². The third-order valence-corrected chi connectivity index (χ3v) is 3.67. The molecule has 0 amide bonds. The minimum absolute atomic E-state index is 1.14. The Morgan fingerprint density at radius 2 is 1.81 bits per heavy atom. The molecular weight excluding hydrogens is 264 g/mol. The monoisotopic (exact) mass is 282 g/mol. The largest absolute Gasteiger partial charge is 0.369 e. The Morgan fingerprint density at radius 1 is 1.12 bits per heavy atom. The maximum atomic E-state index is 3.57. The van der Waals surface area contributed by atoms with Gasteiger partial charge in [0, 0.05) is 36.3 Å². The molecule has 0 atom stereocenters. The summed E-state index contributed by atoms with van der Waals surface area (Å²) in [4.78, 5) is 4.98. The minimum Gasteiger partial charge on any atom is -0.369 e. The number of hydrogen-bond acceptors (Lipinski definition) is 2. The van der Waals surface area contributed by atoms with E-state index in [0.29, 0.717) is 0 Å². The van der Waals surface area contributed by atoms with Crippen LogP contribution in [0.5, 0.6) is 0 Å². The molecule has 1 aromatic rings. The van der Waals surface area contributed by atoms with Gasteiger partial charge in [0.05, 0.1) is 0 Å². The van der Waals surface area contributed by atoms with Crippen LogP contribution in [0.3, 0.4) is 0 Å². The van der Waals surface area contributed by atoms with Crippen molar-refractivity contribution in [3.8, 4) is 0 Å². The summed E-state index contributed by atoms with van der Waals surface area (Å²) in [5.74, 6) is 0. The van der Waals surface area contributed by atoms with Crippen LogP contribution in [-0.2, 0) is 0 Å². The van der Waals surface area contributed by atoms with Gasteiger partial charge in [-0.05, 0) is 37.2 Å². The first-order valence-electron chi connectivity index (χ1n) is 5.93. The molecular formula is C13H19BrN2. The van der Waals surface area contributed by atoms with Gasteiger partial charge in [-0.25, -0.2) is 0 Å². The van der Waals surface area contributed by atoms with Crippen molar-refractivity contribution in [3.63, 3.8) is 0 Å². The molecule has 1 fully saturated rings. The van der Waals surface area contributed by atoms with Gasteiger partial charge < -0.3 is 9.80 Å². The quantitative estimate of drug-likeness (QED) is 0.823. The summed E-state index contributed by atoms with van der Waals surface area (Å²) >= 11 is 3.57. The maximum Gasteiger partial charge on any atom is 0.0381 e. The summed E-state index contributed by atoms with van der Waals surface area (Å²) in [5.41, 5.74) is 2.67. The van der Waals surface area contributed by atoms with Crippen molar-refractivity contribution in [2.45, 2.75) is 13.8 Å². The summed E-state index contributed by atoms with van der Waals surface area (Å²) < 4.78 is 1.18. The molecule has 0 aromatic heterocycles. The van der Waals surface area contributed by atoms with Crippen molar-refractivity contribution < 1.29 is 0 Å². The molecule has 2 rings (SSSR count). The summed E-state index contributed by atoms with van der Waals surface area (Å²) in [6.45, 7) is 10.2. The van der Waals surface area contributed by atoms with E-state index in [4.69, 9.17) is 0 Å². The lowest BCUT2D eigenvalue weighted by Gasteiger charge is -2.35. The molecule has 2 nitrogen and oxygen atoms in total. The first kappa shape index (κ1) is 11.9. The van der Waals surface area contributed by atoms with Crippen LogP contribution in [0.1, 0.15) is 12.5 Å². The lowest BCUT2D eigenvalue weighted by atomic mass is 10.2. The van der Waals surface area contributed by atoms with Crippen molar-refractivity contribution in [1.29, 1.82) is 0 Å². The Balaban J connectivity index is 2.08. The van der Waals surface area contributed by atoms with Gasteiger partial charge in [-0.15, -0.1) is 0 Å². The van der Waals surface area contributed by atoms with Crippen molar-refractivity contribution in [1.82, 2.24) is 4.90 Å². The van der Waals surface area contributed by atoms with Gasteiger partial charge in [0.2, 0.25) is 0 Å². The number of likely N-dealkylation sites (N-methyl/N-ethyl adjacent to an activating group) is 1. The number of piperazine rings is 1. The molecule has 1 heterocycles. The van der Waals surface area contributed by atoms with Crippen LogP contribution < -0.4 is 4.90 Å². The van der Waals surface area contributed by atoms with E-state index in [2.05, 4.69) is 57.8 Å². The summed E-state index contributed by atoms with van der Waals surface area (Å²) in [5, 5.41) is 0. The van der Waals surface area contributed by atoms with Crippen molar-refractivity contribution >= 4 is 21.6 Å². The highest BCUT2D eigenvalue weighted by atomic mass is 79.9. The van der Waals surface area contributed by atoms with E-state index in [1.165, 1.54) is 35.4 Å². The predicted molar refractivity (Wildman–Crippen MR) is 73.2 cm³/mol. The van der Waals surface area contributed by atoms with Crippen LogP contribution >= 0.6 is 15.9 Å². The van der Waals surface area contributed by atoms with Gasteiger partial charge in [0.15, 0.2) is 0 Å². The number of halogens is 1. The number of benzene rings is 1. The fourth-order valence-electron chi connectivity index (χ4n) is 2.22. The molecule has 0 saturated carbocycles. The first-order chi connectivity index (χ1) is 7.69. The molecule has 0 unspecified atom stereocenters. The Hall–Kier alpha value is -0.540. The van der Waals surface area contributed by atoms with Gasteiger partial charge in [0.1, 0.15) is 0 Å². The average Bonchev–Trinajstić information content (AvgIpc) is 2.28. The van der Waals surface area contributed by atoms with E-state index >= 15 is 0 Å². The SMILES string of the molecule is CCN1CCN(c2cc(C)cc(Br)c2)CC1. The zero-order chi connectivity index (χ0) is 11.5. The Kier molecular flexibility index (Phi) is 3.87. The molecule has 88 valence electrons. The first-order valence-corrected chi connectivity index (χ1v) is 6.73. The minimum atomic E-state index is 1.14. The van der Waals surface area contributed by atoms with E-state index in [-0.39, 0.29) is 0 Å². The lowest BCUT2D eigenvalue weighted by molar-refractivity contribution is 0.271. The van der Waals surface area contributed by atoms with Crippen LogP contribution in [-0.4, -0.2) is 37.6 Å². The van der Waals surface area contributed by atoms with Gasteiger partial charge in [0.25, 0.3) is 0 Å². The van der Waals surface area contributed by atoms with Crippen LogP contribution in [0.15, 0.2) is 22.7 Å². The fraction of sp³-hybridized carbons (Fsp3) is 0.538. The molecule has 1 aromatic carbocycles. The highest BCUT2D eigenvalue weighted by Crippen LogP contribution is 2.23. The number of nitrogens with zero attached hydrogens (tertiary/aromatic N) is 2. The predicted octanol–water partition coefficient (Wildman–Crippen LogP) is 2.90. The molecule has 1 aliphatic rings. The maximum absolute atomic E-state index is 3.57. The average molecular weight is 283 g/mol. The fourth-order valence-corrected chi connectivity index (χ4v) is 2.82. The number of hydrogen-bond donors (Lipinski definition) is 0. The molecule has 1 aliphatic heterocycles. The molecule has 3 heteroatoms. The number of anilines is 1. The molecule has 16 heavy (non-hydrogen) atoms. The molecule has 0 N–H and O–H groups in total. The van der Waals surface area contributed by atoms with Gasteiger partial charge in [-0.3, -0.25) is 0 Å². The number of aryl methyl sites for hydroxylation is 1. The molecule has 0 bridgehead atoms. The van der Waals surface area contributed by atoms with Crippen molar-refractivity contribution in [2.24, 2.45) is 0 Å². The second-order valence-electron chi connectivity index (χ2n) is 4.41. The van der Waals surface area contributed by atoms with Crippen molar-refractivity contribution in [2.75, 3.05) is 37.6 Å². The highest BCUT2D eigenvalue weighted by Gasteiger charge is 2.15. The van der Waals surface area contributed by atoms with E-state index in [9.17, 15) is 0 Å². The highest BCUT2D eigenvalue weighted by molar-refractivity contribution is 9.10. The summed E-state index contributed by atoms with van der Waals surface area (Å²) in [7, 11) is 0. The Morgan fingerprint density at radius 3 is 2.38 bits per heavy atom.